The third kappa shape index (κ3) is 2.32. The van der Waals surface area contributed by atoms with Crippen molar-refractivity contribution in [3.63, 3.8) is 0 Å². The number of halogens is 5. The summed E-state index contributed by atoms with van der Waals surface area (Å²) < 4.78 is 1.62. The Hall–Kier alpha value is 1.66. The quantitative estimate of drug-likeness (QED) is 0.584. The van der Waals surface area contributed by atoms with Gasteiger partial charge in [-0.05, 0) is 42.7 Å². The van der Waals surface area contributed by atoms with Gasteiger partial charge in [0.1, 0.15) is 0 Å². The summed E-state index contributed by atoms with van der Waals surface area (Å²) in [5, 5.41) is 3.25. The molecule has 10 heavy (non-hydrogen) atoms. The summed E-state index contributed by atoms with van der Waals surface area (Å²) in [6.07, 6.45) is 0. The second kappa shape index (κ2) is 2.57. The molecule has 1 rings (SSSR count). The van der Waals surface area contributed by atoms with Crippen LogP contribution in [0.15, 0.2) is 19.8 Å². The van der Waals surface area contributed by atoms with E-state index in [4.69, 9.17) is 32.0 Å². The first-order chi connectivity index (χ1) is 4.28. The van der Waals surface area contributed by atoms with Gasteiger partial charge in [-0.2, -0.15) is 0 Å². The molecule has 1 aliphatic rings. The second-order valence-electron chi connectivity index (χ2n) is 1.88. The van der Waals surface area contributed by atoms with E-state index in [2.05, 4.69) is 31.9 Å². The lowest BCUT2D eigenvalue weighted by Crippen LogP contribution is -1.75. The number of rotatable bonds is 0. The van der Waals surface area contributed by atoms with Gasteiger partial charge in [-0.15, -0.1) is 0 Å². The molecule has 60 valence electrons. The maximum atomic E-state index is 5.86. The van der Waals surface area contributed by atoms with Gasteiger partial charge >= 0.3 is 0 Å². The van der Waals surface area contributed by atoms with Gasteiger partial charge in [0, 0.05) is 8.96 Å². The smallest absolute Gasteiger partial charge is 0.0388 e. The normalized spacial score (nSPS) is 31.9. The van der Waals surface area contributed by atoms with Crippen LogP contribution in [0.2, 0.25) is 0 Å². The molecule has 0 aromatic carbocycles. The third-order valence-corrected chi connectivity index (χ3v) is 6.61. The average molecular weight is 349 g/mol. The van der Waals surface area contributed by atoms with Crippen molar-refractivity contribution in [2.45, 2.75) is 0 Å². The summed E-state index contributed by atoms with van der Waals surface area (Å²) in [7, 11) is 17.6. The first kappa shape index (κ1) is 9.75. The highest BCUT2D eigenvalue weighted by molar-refractivity contribution is 9.15. The lowest BCUT2D eigenvalue weighted by atomic mass is 10.6. The lowest BCUT2D eigenvalue weighted by Gasteiger charge is -2.32. The second-order valence-corrected chi connectivity index (χ2v) is 14.1. The minimum atomic E-state index is -3.12. The Kier molecular flexibility index (Phi) is 2.51. The molecule has 0 spiro atoms. The van der Waals surface area contributed by atoms with Gasteiger partial charge in [0.2, 0.25) is 0 Å². The molecule has 0 N–H and O–H groups in total. The summed E-state index contributed by atoms with van der Waals surface area (Å²) in [5.41, 5.74) is 0. The molecule has 0 amide bonds. The van der Waals surface area contributed by atoms with Crippen LogP contribution in [0.1, 0.15) is 0 Å². The van der Waals surface area contributed by atoms with Gasteiger partial charge < -0.3 is 0 Å². The number of allylic oxidation sites excluding steroid dienone is 2. The first-order valence-electron chi connectivity index (χ1n) is 2.23. The van der Waals surface area contributed by atoms with Crippen LogP contribution in [-0.4, -0.2) is 0 Å². The van der Waals surface area contributed by atoms with Crippen LogP contribution in [0, 0.1) is 0 Å². The average Bonchev–Trinajstić information content (AvgIpc) is 1.74. The number of hydrogen-bond donors (Lipinski definition) is 1. The van der Waals surface area contributed by atoms with E-state index in [1.807, 2.05) is 0 Å². The van der Waals surface area contributed by atoms with Crippen molar-refractivity contribution >= 4 is 70.7 Å². The third-order valence-electron chi connectivity index (χ3n) is 0.897. The summed E-state index contributed by atoms with van der Waals surface area (Å²) >= 11 is 6.48. The maximum absolute atomic E-state index is 5.86. The monoisotopic (exact) mass is 346 g/mol. The molecule has 0 aromatic heterocycles. The Morgan fingerprint density at radius 3 is 1.40 bits per heavy atom. The largest absolute Gasteiger partial charge is 0.0717 e. The Labute approximate surface area is 89.6 Å². The minimum absolute atomic E-state index is 0.810. The highest BCUT2D eigenvalue weighted by Crippen LogP contribution is 2.88. The highest BCUT2D eigenvalue weighted by atomic mass is 79.9. The van der Waals surface area contributed by atoms with Crippen molar-refractivity contribution in [2.75, 3.05) is 0 Å². The predicted octanol–water partition coefficient (Wildman–Crippen LogP) is 5.01. The van der Waals surface area contributed by atoms with E-state index in [0.717, 1.165) is 8.96 Å². The van der Waals surface area contributed by atoms with Crippen LogP contribution in [0.3, 0.4) is 0 Å². The Balaban J connectivity index is 3.16. The van der Waals surface area contributed by atoms with E-state index in [1.165, 1.54) is 0 Å². The molecule has 6 heteroatoms. The molecule has 0 aromatic rings. The van der Waals surface area contributed by atoms with E-state index in [9.17, 15) is 0 Å². The maximum Gasteiger partial charge on any atom is 0.0388 e. The van der Waals surface area contributed by atoms with E-state index in [-0.39, 0.29) is 0 Å². The predicted molar refractivity (Wildman–Crippen MR) is 60.6 cm³/mol. The van der Waals surface area contributed by atoms with Gasteiger partial charge in [0.05, 0.1) is 0 Å². The molecule has 0 fully saturated rings. The van der Waals surface area contributed by atoms with Gasteiger partial charge in [0.15, 0.2) is 0 Å². The van der Waals surface area contributed by atoms with Gasteiger partial charge in [-0.25, -0.2) is 0 Å². The summed E-state index contributed by atoms with van der Waals surface area (Å²) in [4.78, 5) is 0. The minimum Gasteiger partial charge on any atom is -0.0717 e. The summed E-state index contributed by atoms with van der Waals surface area (Å²) in [6, 6.07) is 0. The van der Waals surface area contributed by atoms with Crippen molar-refractivity contribution in [3.05, 3.63) is 19.8 Å². The number of thiol groups is 1. The summed E-state index contributed by atoms with van der Waals surface area (Å²) in [6.45, 7) is -3.12. The van der Waals surface area contributed by atoms with Gasteiger partial charge in [0.25, 0.3) is 0 Å². The molecule has 0 aliphatic carbocycles. The van der Waals surface area contributed by atoms with Crippen molar-refractivity contribution in [1.29, 1.82) is 0 Å². The van der Waals surface area contributed by atoms with Crippen molar-refractivity contribution in [2.24, 2.45) is 0 Å². The standard InChI is InChI=1S/C4H3Br2Cl3S/c5-3-1-10(7,8,9)2-4(3)6/h1-2,10H. The fourth-order valence-corrected chi connectivity index (χ4v) is 8.69. The molecule has 0 saturated carbocycles. The highest BCUT2D eigenvalue weighted by Gasteiger charge is 2.33. The molecule has 0 atom stereocenters. The SMILES string of the molecule is Cl[SH]1(Cl)(Cl)C=C(Br)C(Br)=C1. The lowest BCUT2D eigenvalue weighted by molar-refractivity contribution is 2.03. The van der Waals surface area contributed by atoms with E-state index < -0.39 is 6.80 Å². The molecule has 0 unspecified atom stereocenters. The zero-order chi connectivity index (χ0) is 8.02. The first-order valence-corrected chi connectivity index (χ1v) is 8.90. The zero-order valence-corrected chi connectivity index (χ0v) is 10.8. The zero-order valence-electron chi connectivity index (χ0n) is 4.49. The molecular weight excluding hydrogens is 346 g/mol. The van der Waals surface area contributed by atoms with Crippen LogP contribution in [0.5, 0.6) is 0 Å². The topological polar surface area (TPSA) is 0 Å². The van der Waals surface area contributed by atoms with E-state index in [1.54, 1.807) is 10.8 Å². The summed E-state index contributed by atoms with van der Waals surface area (Å²) in [5.74, 6) is 0. The molecule has 1 heterocycles. The fraction of sp³-hybridized carbons (Fsp3) is 0. The Morgan fingerprint density at radius 1 is 1.00 bits per heavy atom. The van der Waals surface area contributed by atoms with Crippen LogP contribution in [0.25, 0.3) is 0 Å². The van der Waals surface area contributed by atoms with Gasteiger partial charge in [-0.1, -0.05) is 38.8 Å². The Bertz CT molecular complexity index is 215. The van der Waals surface area contributed by atoms with E-state index in [0.29, 0.717) is 0 Å². The van der Waals surface area contributed by atoms with Crippen molar-refractivity contribution in [3.8, 4) is 0 Å². The van der Waals surface area contributed by atoms with E-state index >= 15 is 0 Å². The van der Waals surface area contributed by atoms with Crippen LogP contribution >= 0.6 is 70.7 Å². The van der Waals surface area contributed by atoms with Crippen LogP contribution < -0.4 is 0 Å². The Morgan fingerprint density at radius 2 is 1.30 bits per heavy atom. The molecule has 0 saturated heterocycles. The molecule has 0 radical (unpaired) electrons. The van der Waals surface area contributed by atoms with Gasteiger partial charge in [-0.3, -0.25) is 0 Å². The molecule has 0 bridgehead atoms. The molecule has 1 aliphatic heterocycles. The van der Waals surface area contributed by atoms with Crippen LogP contribution in [0.4, 0.5) is 0 Å². The van der Waals surface area contributed by atoms with Crippen molar-refractivity contribution < 1.29 is 0 Å². The number of hydrogen-bond acceptors (Lipinski definition) is 0. The van der Waals surface area contributed by atoms with Crippen LogP contribution in [-0.2, 0) is 0 Å². The fourth-order valence-electron chi connectivity index (χ4n) is 0.549. The molecule has 0 nitrogen and oxygen atoms in total. The van der Waals surface area contributed by atoms with Crippen molar-refractivity contribution in [1.82, 2.24) is 0 Å². The molecular formula is C4H3Br2Cl3S.